The van der Waals surface area contributed by atoms with Gasteiger partial charge in [-0.25, -0.2) is 8.42 Å². The van der Waals surface area contributed by atoms with Crippen LogP contribution in [0.1, 0.15) is 44.8 Å². The molecule has 2 aromatic rings. The van der Waals surface area contributed by atoms with E-state index in [4.69, 9.17) is 9.15 Å². The van der Waals surface area contributed by atoms with Gasteiger partial charge in [0.05, 0.1) is 17.8 Å². The minimum Gasteiger partial charge on any atom is -0.459 e. The van der Waals surface area contributed by atoms with Crippen LogP contribution in [0.4, 0.5) is 0 Å². The van der Waals surface area contributed by atoms with Crippen molar-refractivity contribution in [2.75, 3.05) is 24.7 Å². The average molecular weight is 422 g/mol. The summed E-state index contributed by atoms with van der Waals surface area (Å²) in [6.07, 6.45) is 1.85. The molecule has 1 amide bonds. The Balaban J connectivity index is 1.56. The molecule has 1 N–H and O–H groups in total. The van der Waals surface area contributed by atoms with E-state index >= 15 is 0 Å². The highest BCUT2D eigenvalue weighted by molar-refractivity contribution is 7.91. The molecule has 0 radical (unpaired) electrons. The van der Waals surface area contributed by atoms with Crippen LogP contribution in [0.5, 0.6) is 0 Å². The number of hydrogen-bond donors (Lipinski definition) is 1. The second-order valence-corrected chi connectivity index (χ2v) is 9.18. The van der Waals surface area contributed by atoms with Gasteiger partial charge in [-0.15, -0.1) is 0 Å². The number of ether oxygens (including phenoxy) is 1. The predicted octanol–water partition coefficient (Wildman–Crippen LogP) is 1.21. The van der Waals surface area contributed by atoms with Gasteiger partial charge < -0.3 is 19.0 Å². The van der Waals surface area contributed by atoms with Gasteiger partial charge in [0.25, 0.3) is 5.91 Å². The number of hydrogen-bond acceptors (Lipinski definition) is 7. The molecule has 1 aliphatic heterocycles. The van der Waals surface area contributed by atoms with Crippen LogP contribution in [-0.4, -0.2) is 55.3 Å². The Morgan fingerprint density at radius 3 is 2.69 bits per heavy atom. The summed E-state index contributed by atoms with van der Waals surface area (Å²) in [7, 11) is -3.06. The third-order valence-corrected chi connectivity index (χ3v) is 6.61. The summed E-state index contributed by atoms with van der Waals surface area (Å²) in [5, 5.41) is 2.34. The minimum atomic E-state index is -3.06. The van der Waals surface area contributed by atoms with E-state index in [0.717, 1.165) is 5.69 Å². The van der Waals surface area contributed by atoms with E-state index < -0.39 is 40.6 Å². The summed E-state index contributed by atoms with van der Waals surface area (Å²) in [5.74, 6) is -1.45. The van der Waals surface area contributed by atoms with Crippen LogP contribution < -0.4 is 5.32 Å². The molecule has 1 atom stereocenters. The van der Waals surface area contributed by atoms with Gasteiger partial charge in [-0.1, -0.05) is 0 Å². The Labute approximate surface area is 167 Å². The van der Waals surface area contributed by atoms with Crippen molar-refractivity contribution >= 4 is 27.5 Å². The molecule has 0 aliphatic carbocycles. The molecule has 1 aliphatic rings. The Morgan fingerprint density at radius 1 is 1.31 bits per heavy atom. The first-order valence-electron chi connectivity index (χ1n) is 9.07. The number of amides is 1. The number of furan rings is 1. The molecule has 3 heterocycles. The van der Waals surface area contributed by atoms with Crippen molar-refractivity contribution in [2.45, 2.75) is 26.3 Å². The number of Topliss-reactive ketones (excluding diaryl/α,β-unsaturated/α-hetero) is 1. The van der Waals surface area contributed by atoms with Gasteiger partial charge in [0.1, 0.15) is 6.54 Å². The second kappa shape index (κ2) is 8.24. The van der Waals surface area contributed by atoms with Crippen LogP contribution in [0, 0.1) is 13.8 Å². The zero-order chi connectivity index (χ0) is 21.2. The summed E-state index contributed by atoms with van der Waals surface area (Å²) in [4.78, 5) is 36.0. The lowest BCUT2D eigenvalue weighted by molar-refractivity contribution is -0.141. The lowest BCUT2D eigenvalue weighted by Crippen LogP contribution is -2.31. The molecule has 9 nitrogen and oxygen atoms in total. The molecule has 0 bridgehead atoms. The van der Waals surface area contributed by atoms with E-state index in [2.05, 4.69) is 5.32 Å². The van der Waals surface area contributed by atoms with E-state index in [1.165, 1.54) is 12.3 Å². The van der Waals surface area contributed by atoms with Crippen LogP contribution in [0.3, 0.4) is 0 Å². The van der Waals surface area contributed by atoms with E-state index in [9.17, 15) is 22.8 Å². The summed E-state index contributed by atoms with van der Waals surface area (Å²) in [5.41, 5.74) is 1.82. The number of aromatic nitrogens is 1. The third kappa shape index (κ3) is 4.76. The third-order valence-electron chi connectivity index (χ3n) is 4.86. The molecule has 1 unspecified atom stereocenters. The van der Waals surface area contributed by atoms with Crippen molar-refractivity contribution in [2.24, 2.45) is 0 Å². The highest BCUT2D eigenvalue weighted by Gasteiger charge is 2.31. The smallest absolute Gasteiger partial charge is 0.325 e. The summed E-state index contributed by atoms with van der Waals surface area (Å²) in [6, 6.07) is 4.48. The molecule has 0 aromatic carbocycles. The van der Waals surface area contributed by atoms with Crippen LogP contribution >= 0.6 is 0 Å². The molecular formula is C19H22N2O7S. The number of sulfone groups is 1. The van der Waals surface area contributed by atoms with Gasteiger partial charge in [-0.05, 0) is 38.5 Å². The molecule has 2 aromatic heterocycles. The van der Waals surface area contributed by atoms with Crippen molar-refractivity contribution in [3.63, 3.8) is 0 Å². The van der Waals surface area contributed by atoms with E-state index in [1.807, 2.05) is 11.5 Å². The van der Waals surface area contributed by atoms with Crippen molar-refractivity contribution in [1.82, 2.24) is 9.88 Å². The maximum absolute atomic E-state index is 12.5. The van der Waals surface area contributed by atoms with E-state index in [-0.39, 0.29) is 23.3 Å². The minimum absolute atomic E-state index is 0.0569. The number of nitrogens with one attached hydrogen (secondary N) is 1. The monoisotopic (exact) mass is 422 g/mol. The summed E-state index contributed by atoms with van der Waals surface area (Å²) in [6.45, 7) is 2.69. The number of carbonyl (C=O) groups is 3. The first-order chi connectivity index (χ1) is 13.7. The fourth-order valence-corrected chi connectivity index (χ4v) is 5.22. The Hall–Kier alpha value is -2.88. The highest BCUT2D eigenvalue weighted by Crippen LogP contribution is 2.29. The predicted molar refractivity (Wildman–Crippen MR) is 103 cm³/mol. The first-order valence-corrected chi connectivity index (χ1v) is 10.9. The lowest BCUT2D eigenvalue weighted by atomic mass is 10.1. The zero-order valence-electron chi connectivity index (χ0n) is 16.1. The molecule has 10 heteroatoms. The molecule has 156 valence electrons. The zero-order valence-corrected chi connectivity index (χ0v) is 17.0. The Bertz CT molecular complexity index is 1040. The number of ketones is 1. The molecule has 0 spiro atoms. The summed E-state index contributed by atoms with van der Waals surface area (Å²) >= 11 is 0. The van der Waals surface area contributed by atoms with Gasteiger partial charge in [-0.3, -0.25) is 14.4 Å². The molecular weight excluding hydrogens is 400 g/mol. The van der Waals surface area contributed by atoms with Gasteiger partial charge >= 0.3 is 5.97 Å². The van der Waals surface area contributed by atoms with Crippen LogP contribution in [0.15, 0.2) is 28.9 Å². The Kier molecular flexibility index (Phi) is 5.92. The number of aryl methyl sites for hydroxylation is 1. The van der Waals surface area contributed by atoms with Crippen molar-refractivity contribution in [3.8, 4) is 0 Å². The second-order valence-electron chi connectivity index (χ2n) is 6.96. The number of carbonyl (C=O) groups excluding carboxylic acids is 3. The molecule has 1 fully saturated rings. The van der Waals surface area contributed by atoms with Gasteiger partial charge in [-0.2, -0.15) is 0 Å². The fraction of sp³-hybridized carbons (Fsp3) is 0.421. The lowest BCUT2D eigenvalue weighted by Gasteiger charge is -2.16. The maximum atomic E-state index is 12.5. The quantitative estimate of drug-likeness (QED) is 0.525. The topological polar surface area (TPSA) is 125 Å². The standard InChI is InChI=1S/C19H22N2O7S/c1-12-8-15(13(2)21(12)14-5-7-29(25,26)11-14)16(22)10-28-18(23)9-20-19(24)17-4-3-6-27-17/h3-4,6,8,14H,5,7,9-11H2,1-2H3,(H,20,24). The van der Waals surface area contributed by atoms with Gasteiger partial charge in [0.15, 0.2) is 22.2 Å². The molecule has 29 heavy (non-hydrogen) atoms. The van der Waals surface area contributed by atoms with E-state index in [0.29, 0.717) is 17.7 Å². The van der Waals surface area contributed by atoms with Crippen LogP contribution in [0.25, 0.3) is 0 Å². The average Bonchev–Trinajstić information content (AvgIpc) is 3.37. The van der Waals surface area contributed by atoms with Gasteiger partial charge in [0.2, 0.25) is 5.78 Å². The van der Waals surface area contributed by atoms with E-state index in [1.54, 1.807) is 19.1 Å². The number of nitrogens with zero attached hydrogens (tertiary/aromatic N) is 1. The maximum Gasteiger partial charge on any atom is 0.325 e. The van der Waals surface area contributed by atoms with Crippen LogP contribution in [0.2, 0.25) is 0 Å². The van der Waals surface area contributed by atoms with Gasteiger partial charge in [0, 0.05) is 23.0 Å². The molecule has 0 saturated carbocycles. The Morgan fingerprint density at radius 2 is 2.07 bits per heavy atom. The SMILES string of the molecule is Cc1cc(C(=O)COC(=O)CNC(=O)c2ccco2)c(C)n1C1CCS(=O)(=O)C1. The van der Waals surface area contributed by atoms with Crippen LogP contribution in [-0.2, 0) is 19.4 Å². The highest BCUT2D eigenvalue weighted by atomic mass is 32.2. The number of rotatable bonds is 7. The molecule has 1 saturated heterocycles. The largest absolute Gasteiger partial charge is 0.459 e. The van der Waals surface area contributed by atoms with Crippen molar-refractivity contribution in [3.05, 3.63) is 47.2 Å². The molecule has 3 rings (SSSR count). The van der Waals surface area contributed by atoms with Crippen molar-refractivity contribution in [1.29, 1.82) is 0 Å². The number of esters is 1. The first kappa shape index (κ1) is 20.8. The fourth-order valence-electron chi connectivity index (χ4n) is 3.52. The summed E-state index contributed by atoms with van der Waals surface area (Å²) < 4.78 is 35.3. The van der Waals surface area contributed by atoms with Crippen molar-refractivity contribution < 1.29 is 32.0 Å². The normalized spacial score (nSPS) is 17.8.